The number of anilines is 1. The van der Waals surface area contributed by atoms with Crippen molar-refractivity contribution >= 4 is 5.69 Å². The molecule has 0 radical (unpaired) electrons. The molecule has 0 aliphatic rings. The van der Waals surface area contributed by atoms with Gasteiger partial charge in [-0.25, -0.2) is 0 Å². The van der Waals surface area contributed by atoms with Crippen molar-refractivity contribution in [2.45, 2.75) is 6.92 Å². The lowest BCUT2D eigenvalue weighted by Gasteiger charge is -2.10. The Hall–Kier alpha value is -2.67. The quantitative estimate of drug-likeness (QED) is 0.854. The molecular weight excluding hydrogens is 240 g/mol. The van der Waals surface area contributed by atoms with Crippen LogP contribution in [0.25, 0.3) is 0 Å². The van der Waals surface area contributed by atoms with Crippen LogP contribution in [0.4, 0.5) is 5.69 Å². The van der Waals surface area contributed by atoms with E-state index in [1.165, 1.54) is 0 Å². The van der Waals surface area contributed by atoms with Crippen molar-refractivity contribution in [3.8, 4) is 23.3 Å². The summed E-state index contributed by atoms with van der Waals surface area (Å²) in [6, 6.07) is 12.6. The second-order valence-corrected chi connectivity index (χ2v) is 4.09. The van der Waals surface area contributed by atoms with Crippen molar-refractivity contribution in [1.29, 1.82) is 5.26 Å². The maximum Gasteiger partial charge on any atom is 0.153 e. The first-order valence-electron chi connectivity index (χ1n) is 5.76. The van der Waals surface area contributed by atoms with Gasteiger partial charge in [-0.3, -0.25) is 0 Å². The number of aryl methyl sites for hydroxylation is 1. The molecule has 0 saturated carbocycles. The molecule has 0 bridgehead atoms. The fourth-order valence-corrected chi connectivity index (χ4v) is 1.68. The third kappa shape index (κ3) is 2.78. The third-order valence-electron chi connectivity index (χ3n) is 2.77. The monoisotopic (exact) mass is 254 g/mol. The molecule has 96 valence electrons. The van der Waals surface area contributed by atoms with Gasteiger partial charge in [0.2, 0.25) is 0 Å². The lowest BCUT2D eigenvalue weighted by molar-refractivity contribution is 0.409. The van der Waals surface area contributed by atoms with Crippen molar-refractivity contribution in [3.63, 3.8) is 0 Å². The molecule has 2 aromatic rings. The van der Waals surface area contributed by atoms with Gasteiger partial charge in [0.15, 0.2) is 5.75 Å². The summed E-state index contributed by atoms with van der Waals surface area (Å²) >= 11 is 0. The molecule has 0 heterocycles. The van der Waals surface area contributed by atoms with Gasteiger partial charge in [0.1, 0.15) is 11.5 Å². The minimum Gasteiger partial charge on any atom is -0.497 e. The van der Waals surface area contributed by atoms with E-state index in [0.717, 1.165) is 5.56 Å². The van der Waals surface area contributed by atoms with Gasteiger partial charge in [-0.05, 0) is 42.8 Å². The van der Waals surface area contributed by atoms with E-state index in [1.54, 1.807) is 43.5 Å². The highest BCUT2D eigenvalue weighted by Gasteiger charge is 2.06. The highest BCUT2D eigenvalue weighted by molar-refractivity contribution is 5.57. The highest BCUT2D eigenvalue weighted by atomic mass is 16.5. The molecule has 4 nitrogen and oxygen atoms in total. The Morgan fingerprint density at radius 1 is 1.11 bits per heavy atom. The van der Waals surface area contributed by atoms with E-state index in [1.807, 2.05) is 6.92 Å². The lowest BCUT2D eigenvalue weighted by Crippen LogP contribution is -1.94. The van der Waals surface area contributed by atoms with Crippen LogP contribution in [-0.4, -0.2) is 7.11 Å². The lowest BCUT2D eigenvalue weighted by atomic mass is 10.1. The number of ether oxygens (including phenoxy) is 2. The number of benzene rings is 2. The van der Waals surface area contributed by atoms with Crippen LogP contribution < -0.4 is 15.2 Å². The Morgan fingerprint density at radius 2 is 1.84 bits per heavy atom. The van der Waals surface area contributed by atoms with E-state index in [9.17, 15) is 0 Å². The summed E-state index contributed by atoms with van der Waals surface area (Å²) in [5, 5.41) is 8.88. The SMILES string of the molecule is COc1ccc(N)c(Oc2ccc(C#N)c(C)c2)c1. The molecule has 2 rings (SSSR count). The molecule has 2 N–H and O–H groups in total. The molecule has 0 spiro atoms. The van der Waals surface area contributed by atoms with E-state index >= 15 is 0 Å². The summed E-state index contributed by atoms with van der Waals surface area (Å²) in [5.41, 5.74) is 7.88. The number of nitrogen functional groups attached to an aromatic ring is 1. The molecule has 0 unspecified atom stereocenters. The second kappa shape index (κ2) is 5.32. The minimum absolute atomic E-state index is 0.530. The van der Waals surface area contributed by atoms with Crippen molar-refractivity contribution in [3.05, 3.63) is 47.5 Å². The number of hydrogen-bond acceptors (Lipinski definition) is 4. The smallest absolute Gasteiger partial charge is 0.153 e. The Labute approximate surface area is 112 Å². The highest BCUT2D eigenvalue weighted by Crippen LogP contribution is 2.31. The topological polar surface area (TPSA) is 68.3 Å². The van der Waals surface area contributed by atoms with Crippen LogP contribution in [0.5, 0.6) is 17.2 Å². The van der Waals surface area contributed by atoms with E-state index in [-0.39, 0.29) is 0 Å². The predicted molar refractivity (Wildman–Crippen MR) is 73.4 cm³/mol. The summed E-state index contributed by atoms with van der Waals surface area (Å²) in [6.07, 6.45) is 0. The van der Waals surface area contributed by atoms with Gasteiger partial charge in [0, 0.05) is 6.07 Å². The summed E-state index contributed by atoms with van der Waals surface area (Å²) in [5.74, 6) is 1.84. The zero-order valence-corrected chi connectivity index (χ0v) is 10.8. The van der Waals surface area contributed by atoms with Crippen molar-refractivity contribution in [2.24, 2.45) is 0 Å². The van der Waals surface area contributed by atoms with Crippen molar-refractivity contribution in [2.75, 3.05) is 12.8 Å². The normalized spacial score (nSPS) is 9.74. The zero-order chi connectivity index (χ0) is 13.8. The number of nitriles is 1. The van der Waals surface area contributed by atoms with Gasteiger partial charge in [-0.2, -0.15) is 5.26 Å². The maximum atomic E-state index is 8.88. The summed E-state index contributed by atoms with van der Waals surface area (Å²) in [4.78, 5) is 0. The number of hydrogen-bond donors (Lipinski definition) is 1. The van der Waals surface area contributed by atoms with Crippen LogP contribution in [-0.2, 0) is 0 Å². The van der Waals surface area contributed by atoms with Gasteiger partial charge in [-0.15, -0.1) is 0 Å². The number of nitrogens with two attached hydrogens (primary N) is 1. The van der Waals surface area contributed by atoms with Crippen molar-refractivity contribution < 1.29 is 9.47 Å². The fraction of sp³-hybridized carbons (Fsp3) is 0.133. The average molecular weight is 254 g/mol. The largest absolute Gasteiger partial charge is 0.497 e. The molecule has 0 aliphatic carbocycles. The number of rotatable bonds is 3. The number of methoxy groups -OCH3 is 1. The summed E-state index contributed by atoms with van der Waals surface area (Å²) in [7, 11) is 1.58. The predicted octanol–water partition coefficient (Wildman–Crippen LogP) is 3.25. The molecule has 4 heteroatoms. The fourth-order valence-electron chi connectivity index (χ4n) is 1.68. The van der Waals surface area contributed by atoms with E-state index in [4.69, 9.17) is 20.5 Å². The van der Waals surface area contributed by atoms with E-state index in [0.29, 0.717) is 28.5 Å². The van der Waals surface area contributed by atoms with Crippen LogP contribution in [0.15, 0.2) is 36.4 Å². The standard InChI is InChI=1S/C15H14N2O2/c1-10-7-13(4-3-11(10)9-16)19-15-8-12(18-2)5-6-14(15)17/h3-8H,17H2,1-2H3. The van der Waals surface area contributed by atoms with Gasteiger partial charge in [0.05, 0.1) is 24.4 Å². The minimum atomic E-state index is 0.530. The van der Waals surface area contributed by atoms with Crippen LogP contribution in [0.3, 0.4) is 0 Å². The van der Waals surface area contributed by atoms with Gasteiger partial charge in [0.25, 0.3) is 0 Å². The average Bonchev–Trinajstić information content (AvgIpc) is 2.41. The van der Waals surface area contributed by atoms with E-state index in [2.05, 4.69) is 6.07 Å². The molecular formula is C15H14N2O2. The molecule has 0 aromatic heterocycles. The molecule has 0 fully saturated rings. The third-order valence-corrected chi connectivity index (χ3v) is 2.77. The Morgan fingerprint density at radius 3 is 2.47 bits per heavy atom. The summed E-state index contributed by atoms with van der Waals surface area (Å²) < 4.78 is 10.8. The van der Waals surface area contributed by atoms with Crippen LogP contribution in [0, 0.1) is 18.3 Å². The first-order chi connectivity index (χ1) is 9.13. The van der Waals surface area contributed by atoms with Crippen LogP contribution >= 0.6 is 0 Å². The first-order valence-corrected chi connectivity index (χ1v) is 5.76. The number of nitrogens with zero attached hydrogens (tertiary/aromatic N) is 1. The van der Waals surface area contributed by atoms with Crippen LogP contribution in [0.1, 0.15) is 11.1 Å². The molecule has 0 amide bonds. The zero-order valence-electron chi connectivity index (χ0n) is 10.8. The first kappa shape index (κ1) is 12.8. The maximum absolute atomic E-state index is 8.88. The molecule has 2 aromatic carbocycles. The second-order valence-electron chi connectivity index (χ2n) is 4.09. The Bertz CT molecular complexity index is 645. The van der Waals surface area contributed by atoms with Crippen LogP contribution in [0.2, 0.25) is 0 Å². The molecule has 0 aliphatic heterocycles. The molecule has 0 atom stereocenters. The Kier molecular flexibility index (Phi) is 3.58. The van der Waals surface area contributed by atoms with E-state index < -0.39 is 0 Å². The molecule has 0 saturated heterocycles. The van der Waals surface area contributed by atoms with Gasteiger partial charge < -0.3 is 15.2 Å². The Balaban J connectivity index is 2.31. The molecule has 19 heavy (non-hydrogen) atoms. The summed E-state index contributed by atoms with van der Waals surface area (Å²) in [6.45, 7) is 1.86. The van der Waals surface area contributed by atoms with Gasteiger partial charge in [-0.1, -0.05) is 0 Å². The van der Waals surface area contributed by atoms with Crippen molar-refractivity contribution in [1.82, 2.24) is 0 Å². The van der Waals surface area contributed by atoms with Gasteiger partial charge >= 0.3 is 0 Å².